The summed E-state index contributed by atoms with van der Waals surface area (Å²) in [5.41, 5.74) is 5.48. The fourth-order valence-corrected chi connectivity index (χ4v) is 0.859. The molecule has 0 bridgehead atoms. The van der Waals surface area contributed by atoms with Crippen LogP contribution in [0.1, 0.15) is 24.5 Å². The molecule has 1 unspecified atom stereocenters. The van der Waals surface area contributed by atoms with Crippen LogP contribution in [0, 0.1) is 6.92 Å². The van der Waals surface area contributed by atoms with Gasteiger partial charge in [0, 0.05) is 0 Å². The van der Waals surface area contributed by atoms with Crippen LogP contribution in [0.3, 0.4) is 0 Å². The normalized spacial score (nSPS) is 16.4. The Hall–Kier alpha value is -0.830. The van der Waals surface area contributed by atoms with Crippen LogP contribution in [0.25, 0.3) is 0 Å². The molecule has 0 aliphatic heterocycles. The van der Waals surface area contributed by atoms with Crippen molar-refractivity contribution in [1.29, 1.82) is 0 Å². The Labute approximate surface area is 65.2 Å². The summed E-state index contributed by atoms with van der Waals surface area (Å²) >= 11 is 0. The van der Waals surface area contributed by atoms with Crippen LogP contribution in [0.5, 0.6) is 0 Å². The molecule has 1 aromatic rings. The van der Waals surface area contributed by atoms with Crippen molar-refractivity contribution in [2.75, 3.05) is 0 Å². The molecule has 1 rings (SSSR count). The molecule has 0 saturated heterocycles. The minimum absolute atomic E-state index is 0.512. The van der Waals surface area contributed by atoms with E-state index in [1.165, 1.54) is 6.92 Å². The molecule has 0 saturated carbocycles. The second-order valence-electron chi connectivity index (χ2n) is 2.65. The molecule has 0 fully saturated rings. The van der Waals surface area contributed by atoms with E-state index in [1.807, 2.05) is 0 Å². The Morgan fingerprint density at radius 3 is 2.55 bits per heavy atom. The van der Waals surface area contributed by atoms with E-state index >= 15 is 0 Å². The molecule has 11 heavy (non-hydrogen) atoms. The molecule has 62 valence electrons. The smallest absolute Gasteiger partial charge is 0.123 e. The molecule has 0 aliphatic carbocycles. The number of furan rings is 1. The SMILES string of the molecule is Cc1ccc([C@H](N)C(C)F)o1. The lowest BCUT2D eigenvalue weighted by molar-refractivity contribution is 0.279. The standard InChI is InChI=1S/C8H12FNO/c1-5-3-4-7(11-5)8(10)6(2)9/h3-4,6,8H,10H2,1-2H3/t6?,8-/m1/s1. The molecule has 0 spiro atoms. The summed E-state index contributed by atoms with van der Waals surface area (Å²) in [6.45, 7) is 3.22. The van der Waals surface area contributed by atoms with Crippen molar-refractivity contribution in [3.63, 3.8) is 0 Å². The van der Waals surface area contributed by atoms with Gasteiger partial charge in [0.15, 0.2) is 0 Å². The molecule has 1 heterocycles. The second kappa shape index (κ2) is 3.05. The van der Waals surface area contributed by atoms with Gasteiger partial charge in [-0.1, -0.05) is 0 Å². The van der Waals surface area contributed by atoms with Gasteiger partial charge < -0.3 is 10.2 Å². The minimum atomic E-state index is -1.07. The number of hydrogen-bond acceptors (Lipinski definition) is 2. The number of rotatable bonds is 2. The van der Waals surface area contributed by atoms with E-state index in [-0.39, 0.29) is 0 Å². The van der Waals surface area contributed by atoms with Gasteiger partial charge in [-0.2, -0.15) is 0 Å². The fraction of sp³-hybridized carbons (Fsp3) is 0.500. The predicted octanol–water partition coefficient (Wildman–Crippen LogP) is 1.95. The van der Waals surface area contributed by atoms with Crippen LogP contribution in [-0.2, 0) is 0 Å². The largest absolute Gasteiger partial charge is 0.465 e. The van der Waals surface area contributed by atoms with Crippen molar-refractivity contribution in [1.82, 2.24) is 0 Å². The summed E-state index contributed by atoms with van der Waals surface area (Å²) in [5, 5.41) is 0. The third kappa shape index (κ3) is 1.80. The number of hydrogen-bond donors (Lipinski definition) is 1. The Kier molecular flexibility index (Phi) is 2.29. The van der Waals surface area contributed by atoms with Crippen molar-refractivity contribution in [2.45, 2.75) is 26.1 Å². The maximum atomic E-state index is 12.6. The molecule has 0 aliphatic rings. The second-order valence-corrected chi connectivity index (χ2v) is 2.65. The minimum Gasteiger partial charge on any atom is -0.465 e. The number of nitrogens with two attached hydrogens (primary N) is 1. The molecule has 2 atom stereocenters. The van der Waals surface area contributed by atoms with Gasteiger partial charge in [0.25, 0.3) is 0 Å². The first-order valence-corrected chi connectivity index (χ1v) is 3.57. The predicted molar refractivity (Wildman–Crippen MR) is 40.9 cm³/mol. The highest BCUT2D eigenvalue weighted by Gasteiger charge is 2.16. The van der Waals surface area contributed by atoms with E-state index in [0.717, 1.165) is 5.76 Å². The Morgan fingerprint density at radius 1 is 1.55 bits per heavy atom. The summed E-state index contributed by atoms with van der Waals surface area (Å²) in [4.78, 5) is 0. The van der Waals surface area contributed by atoms with Crippen LogP contribution < -0.4 is 5.73 Å². The summed E-state index contributed by atoms with van der Waals surface area (Å²) in [6, 6.07) is 2.84. The first-order chi connectivity index (χ1) is 5.11. The van der Waals surface area contributed by atoms with Crippen LogP contribution in [0.2, 0.25) is 0 Å². The van der Waals surface area contributed by atoms with Gasteiger partial charge in [0.05, 0.1) is 6.04 Å². The van der Waals surface area contributed by atoms with Crippen LogP contribution in [0.4, 0.5) is 4.39 Å². The van der Waals surface area contributed by atoms with E-state index in [0.29, 0.717) is 5.76 Å². The van der Waals surface area contributed by atoms with Crippen LogP contribution in [0.15, 0.2) is 16.5 Å². The molecule has 3 heteroatoms. The third-order valence-corrected chi connectivity index (χ3v) is 1.58. The Balaban J connectivity index is 2.76. The quantitative estimate of drug-likeness (QED) is 0.712. The zero-order valence-corrected chi connectivity index (χ0v) is 6.67. The highest BCUT2D eigenvalue weighted by molar-refractivity contribution is 5.10. The van der Waals surface area contributed by atoms with Crippen molar-refractivity contribution in [2.24, 2.45) is 5.73 Å². The van der Waals surface area contributed by atoms with E-state index in [9.17, 15) is 4.39 Å². The van der Waals surface area contributed by atoms with Gasteiger partial charge in [0.2, 0.25) is 0 Å². The van der Waals surface area contributed by atoms with Gasteiger partial charge >= 0.3 is 0 Å². The van der Waals surface area contributed by atoms with E-state index in [4.69, 9.17) is 10.2 Å². The number of alkyl halides is 1. The van der Waals surface area contributed by atoms with Gasteiger partial charge in [-0.25, -0.2) is 4.39 Å². The molecule has 0 aromatic carbocycles. The maximum Gasteiger partial charge on any atom is 0.123 e. The lowest BCUT2D eigenvalue weighted by atomic mass is 10.2. The highest BCUT2D eigenvalue weighted by Crippen LogP contribution is 2.18. The van der Waals surface area contributed by atoms with Crippen LogP contribution >= 0.6 is 0 Å². The van der Waals surface area contributed by atoms with Gasteiger partial charge in [-0.05, 0) is 26.0 Å². The zero-order valence-electron chi connectivity index (χ0n) is 6.67. The summed E-state index contributed by atoms with van der Waals surface area (Å²) in [7, 11) is 0. The topological polar surface area (TPSA) is 39.2 Å². The lowest BCUT2D eigenvalue weighted by Gasteiger charge is -2.08. The third-order valence-electron chi connectivity index (χ3n) is 1.58. The first-order valence-electron chi connectivity index (χ1n) is 3.57. The highest BCUT2D eigenvalue weighted by atomic mass is 19.1. The summed E-state index contributed by atoms with van der Waals surface area (Å²) < 4.78 is 17.7. The van der Waals surface area contributed by atoms with E-state index in [1.54, 1.807) is 19.1 Å². The van der Waals surface area contributed by atoms with Gasteiger partial charge in [-0.15, -0.1) is 0 Å². The lowest BCUT2D eigenvalue weighted by Crippen LogP contribution is -2.18. The van der Waals surface area contributed by atoms with Crippen molar-refractivity contribution < 1.29 is 8.81 Å². The summed E-state index contributed by atoms with van der Waals surface area (Å²) in [5.74, 6) is 1.27. The van der Waals surface area contributed by atoms with Crippen molar-refractivity contribution >= 4 is 0 Å². The monoisotopic (exact) mass is 157 g/mol. The van der Waals surface area contributed by atoms with E-state index in [2.05, 4.69) is 0 Å². The average molecular weight is 157 g/mol. The Bertz CT molecular complexity index is 232. The van der Waals surface area contributed by atoms with E-state index < -0.39 is 12.2 Å². The number of aryl methyl sites for hydroxylation is 1. The molecule has 0 radical (unpaired) electrons. The summed E-state index contributed by atoms with van der Waals surface area (Å²) in [6.07, 6.45) is -1.07. The molecule has 2 nitrogen and oxygen atoms in total. The van der Waals surface area contributed by atoms with Crippen molar-refractivity contribution in [3.8, 4) is 0 Å². The van der Waals surface area contributed by atoms with Gasteiger partial charge in [0.1, 0.15) is 17.7 Å². The molecule has 1 aromatic heterocycles. The fourth-order valence-electron chi connectivity index (χ4n) is 0.859. The zero-order chi connectivity index (χ0) is 8.43. The average Bonchev–Trinajstić information content (AvgIpc) is 2.34. The Morgan fingerprint density at radius 2 is 2.18 bits per heavy atom. The van der Waals surface area contributed by atoms with Crippen LogP contribution in [-0.4, -0.2) is 6.17 Å². The van der Waals surface area contributed by atoms with Gasteiger partial charge in [-0.3, -0.25) is 0 Å². The molecule has 0 amide bonds. The molecular weight excluding hydrogens is 145 g/mol. The first kappa shape index (κ1) is 8.27. The molecular formula is C8H12FNO. The van der Waals surface area contributed by atoms with Crippen molar-refractivity contribution in [3.05, 3.63) is 23.7 Å². The number of halogens is 1. The maximum absolute atomic E-state index is 12.6. The molecule has 2 N–H and O–H groups in total.